The summed E-state index contributed by atoms with van der Waals surface area (Å²) in [5.74, 6) is -0.938. The van der Waals surface area contributed by atoms with E-state index in [0.29, 0.717) is 0 Å². The predicted molar refractivity (Wildman–Crippen MR) is 61.4 cm³/mol. The summed E-state index contributed by atoms with van der Waals surface area (Å²) in [5, 5.41) is 8.31. The molecule has 0 amide bonds. The van der Waals surface area contributed by atoms with Crippen LogP contribution in [-0.2, 0) is 4.79 Å². The zero-order valence-electron chi connectivity index (χ0n) is 8.21. The molecule has 0 unspecified atom stereocenters. The normalized spacial score (nSPS) is 11.7. The molecule has 1 aromatic rings. The molecule has 0 heterocycles. The number of hydrogen-bond acceptors (Lipinski definition) is 1. The molecule has 15 heavy (non-hydrogen) atoms. The average Bonchev–Trinajstić information content (AvgIpc) is 2.24. The molecular weight excluding hydrogens is 188 g/mol. The molecule has 0 spiro atoms. The number of carboxylic acids is 1. The van der Waals surface area contributed by atoms with E-state index < -0.39 is 5.97 Å². The zero-order valence-corrected chi connectivity index (χ0v) is 8.21. The maximum Gasteiger partial charge on any atom is 0.328 e. The van der Waals surface area contributed by atoms with Gasteiger partial charge in [0.15, 0.2) is 0 Å². The molecule has 0 aliphatic carbocycles. The minimum absolute atomic E-state index is 0.938. The SMILES string of the molecule is O=C(O)/C=C/C=C/C=C/c1ccccc1. The number of rotatable bonds is 4. The second-order valence-electron chi connectivity index (χ2n) is 2.85. The van der Waals surface area contributed by atoms with Crippen LogP contribution in [0, 0.1) is 0 Å². The Bertz CT molecular complexity index is 386. The van der Waals surface area contributed by atoms with Gasteiger partial charge in [-0.1, -0.05) is 60.7 Å². The maximum absolute atomic E-state index is 10.1. The van der Waals surface area contributed by atoms with E-state index in [1.807, 2.05) is 42.5 Å². The van der Waals surface area contributed by atoms with Crippen LogP contribution in [0.15, 0.2) is 60.7 Å². The smallest absolute Gasteiger partial charge is 0.328 e. The van der Waals surface area contributed by atoms with Crippen LogP contribution in [0.2, 0.25) is 0 Å². The lowest BCUT2D eigenvalue weighted by molar-refractivity contribution is -0.131. The molecule has 2 heteroatoms. The third-order valence-corrected chi connectivity index (χ3v) is 1.66. The first-order valence-electron chi connectivity index (χ1n) is 4.58. The zero-order chi connectivity index (χ0) is 10.9. The Morgan fingerprint density at radius 1 is 1.00 bits per heavy atom. The Kier molecular flexibility index (Phi) is 4.67. The minimum atomic E-state index is -0.938. The van der Waals surface area contributed by atoms with Crippen molar-refractivity contribution >= 4 is 12.0 Å². The van der Waals surface area contributed by atoms with E-state index in [9.17, 15) is 4.79 Å². The molecule has 0 aromatic heterocycles. The van der Waals surface area contributed by atoms with E-state index in [-0.39, 0.29) is 0 Å². The van der Waals surface area contributed by atoms with Crippen LogP contribution in [0.4, 0.5) is 0 Å². The summed E-state index contributed by atoms with van der Waals surface area (Å²) in [6.45, 7) is 0. The van der Waals surface area contributed by atoms with Crippen LogP contribution in [0.25, 0.3) is 6.08 Å². The third kappa shape index (κ3) is 5.26. The molecule has 1 N–H and O–H groups in total. The summed E-state index contributed by atoms with van der Waals surface area (Å²) in [4.78, 5) is 10.1. The van der Waals surface area contributed by atoms with Crippen molar-refractivity contribution in [3.63, 3.8) is 0 Å². The summed E-state index contributed by atoms with van der Waals surface area (Å²) in [6.07, 6.45) is 9.84. The Morgan fingerprint density at radius 2 is 1.67 bits per heavy atom. The van der Waals surface area contributed by atoms with E-state index >= 15 is 0 Å². The van der Waals surface area contributed by atoms with Gasteiger partial charge in [0.1, 0.15) is 0 Å². The van der Waals surface area contributed by atoms with Gasteiger partial charge in [0.2, 0.25) is 0 Å². The highest BCUT2D eigenvalue weighted by molar-refractivity contribution is 5.80. The van der Waals surface area contributed by atoms with Gasteiger partial charge in [-0.25, -0.2) is 4.79 Å². The molecule has 1 rings (SSSR count). The van der Waals surface area contributed by atoms with Crippen molar-refractivity contribution in [2.24, 2.45) is 0 Å². The summed E-state index contributed by atoms with van der Waals surface area (Å²) < 4.78 is 0. The van der Waals surface area contributed by atoms with Crippen molar-refractivity contribution in [3.05, 3.63) is 66.3 Å². The van der Waals surface area contributed by atoms with E-state index in [2.05, 4.69) is 0 Å². The molecule has 0 bridgehead atoms. The van der Waals surface area contributed by atoms with Crippen LogP contribution in [0.3, 0.4) is 0 Å². The lowest BCUT2D eigenvalue weighted by Gasteiger charge is -1.87. The Balaban J connectivity index is 2.44. The van der Waals surface area contributed by atoms with Gasteiger partial charge in [-0.2, -0.15) is 0 Å². The third-order valence-electron chi connectivity index (χ3n) is 1.66. The molecule has 0 atom stereocenters. The quantitative estimate of drug-likeness (QED) is 0.599. The molecule has 0 radical (unpaired) electrons. The molecule has 1 aromatic carbocycles. The molecule has 2 nitrogen and oxygen atoms in total. The second kappa shape index (κ2) is 6.38. The molecule has 0 aliphatic heterocycles. The first-order valence-corrected chi connectivity index (χ1v) is 4.58. The largest absolute Gasteiger partial charge is 0.478 e. The van der Waals surface area contributed by atoms with Crippen molar-refractivity contribution in [1.29, 1.82) is 0 Å². The topological polar surface area (TPSA) is 37.3 Å². The van der Waals surface area contributed by atoms with E-state index in [4.69, 9.17) is 5.11 Å². The maximum atomic E-state index is 10.1. The van der Waals surface area contributed by atoms with E-state index in [1.54, 1.807) is 12.2 Å². The lowest BCUT2D eigenvalue weighted by atomic mass is 10.2. The molecule has 0 saturated carbocycles. The monoisotopic (exact) mass is 200 g/mol. The summed E-state index contributed by atoms with van der Waals surface area (Å²) >= 11 is 0. The van der Waals surface area contributed by atoms with Crippen molar-refractivity contribution in [2.75, 3.05) is 0 Å². The molecule has 76 valence electrons. The highest BCUT2D eigenvalue weighted by atomic mass is 16.4. The fourth-order valence-electron chi connectivity index (χ4n) is 0.997. The number of carboxylic acid groups (broad SMARTS) is 1. The minimum Gasteiger partial charge on any atom is -0.478 e. The highest BCUT2D eigenvalue weighted by Crippen LogP contribution is 2.00. The average molecular weight is 200 g/mol. The number of aliphatic carboxylic acids is 1. The summed E-state index contributed by atoms with van der Waals surface area (Å²) in [5.41, 5.74) is 1.12. The predicted octanol–water partition coefficient (Wildman–Crippen LogP) is 2.90. The van der Waals surface area contributed by atoms with Crippen LogP contribution < -0.4 is 0 Å². The fourth-order valence-corrected chi connectivity index (χ4v) is 0.997. The van der Waals surface area contributed by atoms with Gasteiger partial charge >= 0.3 is 5.97 Å². The molecular formula is C13H12O2. The Labute approximate surface area is 88.9 Å². The van der Waals surface area contributed by atoms with Crippen LogP contribution >= 0.6 is 0 Å². The van der Waals surface area contributed by atoms with Gasteiger partial charge in [-0.3, -0.25) is 0 Å². The van der Waals surface area contributed by atoms with E-state index in [1.165, 1.54) is 6.08 Å². The number of hydrogen-bond donors (Lipinski definition) is 1. The van der Waals surface area contributed by atoms with Crippen LogP contribution in [0.5, 0.6) is 0 Å². The first kappa shape index (κ1) is 11.0. The van der Waals surface area contributed by atoms with Gasteiger partial charge in [-0.05, 0) is 5.56 Å². The number of allylic oxidation sites excluding steroid dienone is 4. The Hall–Kier alpha value is -2.09. The highest BCUT2D eigenvalue weighted by Gasteiger charge is 1.80. The second-order valence-corrected chi connectivity index (χ2v) is 2.85. The van der Waals surface area contributed by atoms with Gasteiger partial charge in [0.05, 0.1) is 0 Å². The standard InChI is InChI=1S/C13H12O2/c14-13(15)11-7-2-1-4-8-12-9-5-3-6-10-12/h1-11H,(H,14,15)/b2-1+,8-4+,11-7+. The summed E-state index contributed by atoms with van der Waals surface area (Å²) in [6, 6.07) is 9.89. The number of benzene rings is 1. The first-order chi connectivity index (χ1) is 7.29. The summed E-state index contributed by atoms with van der Waals surface area (Å²) in [7, 11) is 0. The van der Waals surface area contributed by atoms with Crippen LogP contribution in [0.1, 0.15) is 5.56 Å². The lowest BCUT2D eigenvalue weighted by Crippen LogP contribution is -1.84. The fraction of sp³-hybridized carbons (Fsp3) is 0. The molecule has 0 aliphatic rings. The van der Waals surface area contributed by atoms with Crippen molar-refractivity contribution < 1.29 is 9.90 Å². The van der Waals surface area contributed by atoms with Crippen molar-refractivity contribution in [1.82, 2.24) is 0 Å². The van der Waals surface area contributed by atoms with Crippen molar-refractivity contribution in [3.8, 4) is 0 Å². The van der Waals surface area contributed by atoms with Crippen LogP contribution in [-0.4, -0.2) is 11.1 Å². The van der Waals surface area contributed by atoms with E-state index in [0.717, 1.165) is 11.6 Å². The van der Waals surface area contributed by atoms with Gasteiger partial charge < -0.3 is 5.11 Å². The van der Waals surface area contributed by atoms with Gasteiger partial charge in [-0.15, -0.1) is 0 Å². The number of carbonyl (C=O) groups is 1. The Morgan fingerprint density at radius 3 is 2.33 bits per heavy atom. The molecule has 0 fully saturated rings. The van der Waals surface area contributed by atoms with Gasteiger partial charge in [0, 0.05) is 6.08 Å². The molecule has 0 saturated heterocycles. The van der Waals surface area contributed by atoms with Crippen molar-refractivity contribution in [2.45, 2.75) is 0 Å². The van der Waals surface area contributed by atoms with Gasteiger partial charge in [0.25, 0.3) is 0 Å².